The third-order valence-electron chi connectivity index (χ3n) is 4.50. The lowest BCUT2D eigenvalue weighted by Gasteiger charge is -2.22. The Morgan fingerprint density at radius 1 is 1.08 bits per heavy atom. The summed E-state index contributed by atoms with van der Waals surface area (Å²) in [6.07, 6.45) is 8.98. The predicted octanol–water partition coefficient (Wildman–Crippen LogP) is 3.71. The van der Waals surface area contributed by atoms with E-state index in [9.17, 15) is 4.79 Å². The van der Waals surface area contributed by atoms with Crippen molar-refractivity contribution in [3.05, 3.63) is 53.9 Å². The number of hydrogen-bond donors (Lipinski definition) is 2. The molecule has 0 spiro atoms. The summed E-state index contributed by atoms with van der Waals surface area (Å²) >= 11 is 0. The molecule has 0 saturated heterocycles. The van der Waals surface area contributed by atoms with Crippen LogP contribution in [-0.4, -0.2) is 21.9 Å². The third-order valence-corrected chi connectivity index (χ3v) is 4.50. The third kappa shape index (κ3) is 4.31. The highest BCUT2D eigenvalue weighted by atomic mass is 16.1. The highest BCUT2D eigenvalue weighted by molar-refractivity contribution is 5.93. The van der Waals surface area contributed by atoms with Crippen LogP contribution in [0.1, 0.15) is 61.0 Å². The van der Waals surface area contributed by atoms with Gasteiger partial charge in [0.1, 0.15) is 0 Å². The van der Waals surface area contributed by atoms with Gasteiger partial charge in [-0.2, -0.15) is 0 Å². The van der Waals surface area contributed by atoms with Crippen molar-refractivity contribution in [2.45, 2.75) is 51.1 Å². The first-order chi connectivity index (χ1) is 11.7. The van der Waals surface area contributed by atoms with Crippen LogP contribution < -0.4 is 10.6 Å². The molecule has 1 aliphatic carbocycles. The molecule has 1 heterocycles. The molecule has 1 aromatic carbocycles. The molecule has 1 fully saturated rings. The number of benzene rings is 1. The Labute approximate surface area is 142 Å². The van der Waals surface area contributed by atoms with Gasteiger partial charge in [0.2, 0.25) is 5.95 Å². The van der Waals surface area contributed by atoms with Gasteiger partial charge in [0.05, 0.1) is 11.6 Å². The van der Waals surface area contributed by atoms with Crippen LogP contribution in [0.4, 0.5) is 5.95 Å². The minimum Gasteiger partial charge on any atom is -0.349 e. The van der Waals surface area contributed by atoms with E-state index in [4.69, 9.17) is 0 Å². The second-order valence-corrected chi connectivity index (χ2v) is 6.38. The zero-order valence-corrected chi connectivity index (χ0v) is 14.0. The number of amides is 1. The van der Waals surface area contributed by atoms with Crippen molar-refractivity contribution in [3.63, 3.8) is 0 Å². The number of carbonyl (C=O) groups is 1. The van der Waals surface area contributed by atoms with Crippen LogP contribution in [0.2, 0.25) is 0 Å². The number of hydrogen-bond acceptors (Lipinski definition) is 4. The van der Waals surface area contributed by atoms with E-state index in [-0.39, 0.29) is 11.9 Å². The lowest BCUT2D eigenvalue weighted by atomic mass is 9.95. The van der Waals surface area contributed by atoms with E-state index < -0.39 is 0 Å². The van der Waals surface area contributed by atoms with Gasteiger partial charge in [-0.25, -0.2) is 9.97 Å². The molecule has 1 unspecified atom stereocenters. The summed E-state index contributed by atoms with van der Waals surface area (Å²) in [5.41, 5.74) is 1.68. The normalized spacial score (nSPS) is 16.4. The molecule has 2 N–H and O–H groups in total. The fourth-order valence-electron chi connectivity index (χ4n) is 3.05. The van der Waals surface area contributed by atoms with Crippen molar-refractivity contribution in [1.82, 2.24) is 15.3 Å². The van der Waals surface area contributed by atoms with Crippen molar-refractivity contribution in [3.8, 4) is 0 Å². The molecule has 5 nitrogen and oxygen atoms in total. The van der Waals surface area contributed by atoms with Crippen molar-refractivity contribution in [2.24, 2.45) is 0 Å². The topological polar surface area (TPSA) is 66.9 Å². The Morgan fingerprint density at radius 3 is 2.42 bits per heavy atom. The number of anilines is 1. The zero-order chi connectivity index (χ0) is 16.8. The fraction of sp³-hybridized carbons (Fsp3) is 0.421. The Morgan fingerprint density at radius 2 is 1.75 bits per heavy atom. The summed E-state index contributed by atoms with van der Waals surface area (Å²) in [4.78, 5) is 20.8. The molecule has 0 aliphatic heterocycles. The first-order valence-electron chi connectivity index (χ1n) is 8.67. The molecule has 5 heteroatoms. The van der Waals surface area contributed by atoms with Gasteiger partial charge < -0.3 is 10.6 Å². The monoisotopic (exact) mass is 324 g/mol. The van der Waals surface area contributed by atoms with Crippen LogP contribution in [0.5, 0.6) is 0 Å². The van der Waals surface area contributed by atoms with Crippen molar-refractivity contribution in [2.75, 3.05) is 5.32 Å². The van der Waals surface area contributed by atoms with Crippen molar-refractivity contribution >= 4 is 11.9 Å². The largest absolute Gasteiger partial charge is 0.349 e. The maximum atomic E-state index is 12.3. The van der Waals surface area contributed by atoms with Crippen molar-refractivity contribution in [1.29, 1.82) is 0 Å². The maximum absolute atomic E-state index is 12.3. The molecule has 24 heavy (non-hydrogen) atoms. The molecule has 1 amide bonds. The first kappa shape index (κ1) is 16.4. The van der Waals surface area contributed by atoms with Gasteiger partial charge in [-0.15, -0.1) is 0 Å². The molecule has 0 radical (unpaired) electrons. The molecule has 3 rings (SSSR count). The fourth-order valence-corrected chi connectivity index (χ4v) is 3.05. The minimum absolute atomic E-state index is 0.0791. The van der Waals surface area contributed by atoms with Crippen LogP contribution >= 0.6 is 0 Å². The van der Waals surface area contributed by atoms with E-state index in [1.165, 1.54) is 24.8 Å². The van der Waals surface area contributed by atoms with Crippen LogP contribution in [0.25, 0.3) is 0 Å². The van der Waals surface area contributed by atoms with Gasteiger partial charge in [0, 0.05) is 18.4 Å². The molecule has 2 aromatic rings. The summed E-state index contributed by atoms with van der Waals surface area (Å²) < 4.78 is 0. The highest BCUT2D eigenvalue weighted by Crippen LogP contribution is 2.18. The molecule has 0 bridgehead atoms. The van der Waals surface area contributed by atoms with E-state index in [0.717, 1.165) is 12.8 Å². The molecule has 1 aromatic heterocycles. The van der Waals surface area contributed by atoms with E-state index in [1.807, 2.05) is 18.2 Å². The average Bonchev–Trinajstić information content (AvgIpc) is 2.64. The summed E-state index contributed by atoms with van der Waals surface area (Å²) in [6, 6.07) is 10.5. The lowest BCUT2D eigenvalue weighted by molar-refractivity contribution is 0.0927. The van der Waals surface area contributed by atoms with Gasteiger partial charge in [-0.3, -0.25) is 4.79 Å². The summed E-state index contributed by atoms with van der Waals surface area (Å²) in [5, 5.41) is 6.33. The summed E-state index contributed by atoms with van der Waals surface area (Å²) in [5.74, 6) is 0.449. The Hall–Kier alpha value is -2.43. The number of carbonyl (C=O) groups excluding carboxylic acids is 1. The molecular weight excluding hydrogens is 300 g/mol. The first-order valence-corrected chi connectivity index (χ1v) is 8.67. The SMILES string of the molecule is CC(Nc1ncc(C(=O)NC2CCCCC2)cn1)c1ccccc1. The Bertz CT molecular complexity index is 651. The standard InChI is InChI=1S/C19H24N4O/c1-14(15-8-4-2-5-9-15)22-19-20-12-16(13-21-19)18(24)23-17-10-6-3-7-11-17/h2,4-5,8-9,12-14,17H,3,6-7,10-11H2,1H3,(H,23,24)(H,20,21,22). The van der Waals surface area contributed by atoms with Gasteiger partial charge in [-0.1, -0.05) is 49.6 Å². The minimum atomic E-state index is -0.0791. The molecule has 1 aliphatic rings. The van der Waals surface area contributed by atoms with E-state index in [2.05, 4.69) is 39.7 Å². The van der Waals surface area contributed by atoms with Crippen LogP contribution in [0.3, 0.4) is 0 Å². The van der Waals surface area contributed by atoms with E-state index in [1.54, 1.807) is 12.4 Å². The van der Waals surface area contributed by atoms with E-state index in [0.29, 0.717) is 17.6 Å². The number of nitrogens with one attached hydrogen (secondary N) is 2. The summed E-state index contributed by atoms with van der Waals surface area (Å²) in [7, 11) is 0. The lowest BCUT2D eigenvalue weighted by Crippen LogP contribution is -2.36. The second kappa shape index (κ2) is 7.90. The highest BCUT2D eigenvalue weighted by Gasteiger charge is 2.17. The molecular formula is C19H24N4O. The van der Waals surface area contributed by atoms with Gasteiger partial charge >= 0.3 is 0 Å². The van der Waals surface area contributed by atoms with Crippen LogP contribution in [0.15, 0.2) is 42.7 Å². The van der Waals surface area contributed by atoms with Crippen molar-refractivity contribution < 1.29 is 4.79 Å². The second-order valence-electron chi connectivity index (χ2n) is 6.38. The number of rotatable bonds is 5. The maximum Gasteiger partial charge on any atom is 0.254 e. The zero-order valence-electron chi connectivity index (χ0n) is 14.0. The van der Waals surface area contributed by atoms with Gasteiger partial charge in [-0.05, 0) is 25.3 Å². The van der Waals surface area contributed by atoms with Crippen LogP contribution in [0, 0.1) is 0 Å². The smallest absolute Gasteiger partial charge is 0.254 e. The molecule has 1 saturated carbocycles. The molecule has 126 valence electrons. The van der Waals surface area contributed by atoms with Gasteiger partial charge in [0.15, 0.2) is 0 Å². The Balaban J connectivity index is 1.57. The predicted molar refractivity (Wildman–Crippen MR) is 94.9 cm³/mol. The Kier molecular flexibility index (Phi) is 5.41. The van der Waals surface area contributed by atoms with Gasteiger partial charge in [0.25, 0.3) is 5.91 Å². The average molecular weight is 324 g/mol. The van der Waals surface area contributed by atoms with Crippen LogP contribution in [-0.2, 0) is 0 Å². The quantitative estimate of drug-likeness (QED) is 0.880. The number of nitrogens with zero attached hydrogens (tertiary/aromatic N) is 2. The number of aromatic nitrogens is 2. The van der Waals surface area contributed by atoms with E-state index >= 15 is 0 Å². The summed E-state index contributed by atoms with van der Waals surface area (Å²) in [6.45, 7) is 2.06. The molecule has 1 atom stereocenters.